The summed E-state index contributed by atoms with van der Waals surface area (Å²) in [6, 6.07) is 1.69. The minimum atomic E-state index is -0.133. The molecule has 0 atom stereocenters. The Morgan fingerprint density at radius 2 is 2.12 bits per heavy atom. The number of nitrogens with one attached hydrogen (secondary N) is 1. The Kier molecular flexibility index (Phi) is 5.39. The number of hydrogen-bond donors (Lipinski definition) is 1. The summed E-state index contributed by atoms with van der Waals surface area (Å²) in [5.74, 6) is 2.06. The minimum absolute atomic E-state index is 0.133. The molecule has 3 heterocycles. The van der Waals surface area contributed by atoms with E-state index < -0.39 is 0 Å². The van der Waals surface area contributed by atoms with Crippen molar-refractivity contribution in [2.45, 2.75) is 45.6 Å². The fourth-order valence-corrected chi connectivity index (χ4v) is 4.45. The predicted octanol–water partition coefficient (Wildman–Crippen LogP) is 4.29. The predicted molar refractivity (Wildman–Crippen MR) is 101 cm³/mol. The Balaban J connectivity index is 1.80. The smallest absolute Gasteiger partial charge is 0.236 e. The Bertz CT molecular complexity index is 917. The molecule has 132 valence electrons. The van der Waals surface area contributed by atoms with Gasteiger partial charge in [-0.1, -0.05) is 23.8 Å². The molecule has 6 nitrogen and oxygen atoms in total. The van der Waals surface area contributed by atoms with Crippen LogP contribution in [0.3, 0.4) is 0 Å². The zero-order valence-electron chi connectivity index (χ0n) is 14.7. The summed E-state index contributed by atoms with van der Waals surface area (Å²) in [6.07, 6.45) is 1.83. The normalized spacial score (nSPS) is 11.2. The molecule has 0 aliphatic rings. The van der Waals surface area contributed by atoms with Crippen molar-refractivity contribution in [2.24, 2.45) is 0 Å². The number of carbonyl (C=O) groups is 1. The summed E-state index contributed by atoms with van der Waals surface area (Å²) in [7, 11) is 0. The molecule has 3 aromatic rings. The fourth-order valence-electron chi connectivity index (χ4n) is 2.43. The Hall–Kier alpha value is -1.93. The van der Waals surface area contributed by atoms with Gasteiger partial charge in [0.25, 0.3) is 0 Å². The van der Waals surface area contributed by atoms with Gasteiger partial charge >= 0.3 is 0 Å². The SMILES string of the molecule is CCCc1nc(SCC(=O)Nc2cc(C)on2)c2c(C)c(C)sc2n1. The van der Waals surface area contributed by atoms with Gasteiger partial charge in [-0.3, -0.25) is 4.79 Å². The van der Waals surface area contributed by atoms with E-state index in [1.807, 2.05) is 0 Å². The number of aryl methyl sites for hydroxylation is 4. The Labute approximate surface area is 154 Å². The molecule has 0 aromatic carbocycles. The molecule has 8 heteroatoms. The minimum Gasteiger partial charge on any atom is -0.360 e. The highest BCUT2D eigenvalue weighted by Gasteiger charge is 2.16. The number of thiophene rings is 1. The van der Waals surface area contributed by atoms with Crippen molar-refractivity contribution >= 4 is 45.0 Å². The summed E-state index contributed by atoms with van der Waals surface area (Å²) in [4.78, 5) is 23.8. The maximum atomic E-state index is 12.2. The number of rotatable bonds is 6. The van der Waals surface area contributed by atoms with Crippen LogP contribution in [0.5, 0.6) is 0 Å². The molecule has 0 aliphatic heterocycles. The maximum Gasteiger partial charge on any atom is 0.236 e. The van der Waals surface area contributed by atoms with Crippen molar-refractivity contribution < 1.29 is 9.32 Å². The van der Waals surface area contributed by atoms with Crippen LogP contribution in [0.2, 0.25) is 0 Å². The van der Waals surface area contributed by atoms with Gasteiger partial charge in [-0.05, 0) is 32.8 Å². The van der Waals surface area contributed by atoms with E-state index in [0.717, 1.165) is 33.9 Å². The molecular formula is C17H20N4O2S2. The van der Waals surface area contributed by atoms with Crippen molar-refractivity contribution in [1.29, 1.82) is 0 Å². The zero-order valence-corrected chi connectivity index (χ0v) is 16.3. The monoisotopic (exact) mass is 376 g/mol. The summed E-state index contributed by atoms with van der Waals surface area (Å²) >= 11 is 3.12. The van der Waals surface area contributed by atoms with E-state index >= 15 is 0 Å². The largest absolute Gasteiger partial charge is 0.360 e. The second kappa shape index (κ2) is 7.53. The number of thioether (sulfide) groups is 1. The molecule has 0 spiro atoms. The van der Waals surface area contributed by atoms with Gasteiger partial charge in [0.1, 0.15) is 21.4 Å². The van der Waals surface area contributed by atoms with Crippen molar-refractivity contribution in [2.75, 3.05) is 11.1 Å². The summed E-state index contributed by atoms with van der Waals surface area (Å²) in [5.41, 5.74) is 1.19. The molecule has 0 fully saturated rings. The molecule has 0 radical (unpaired) electrons. The fraction of sp³-hybridized carbons (Fsp3) is 0.412. The van der Waals surface area contributed by atoms with Crippen LogP contribution in [-0.2, 0) is 11.2 Å². The van der Waals surface area contributed by atoms with E-state index in [0.29, 0.717) is 11.6 Å². The Morgan fingerprint density at radius 1 is 1.32 bits per heavy atom. The summed E-state index contributed by atoms with van der Waals surface area (Å²) in [5, 5.41) is 8.46. The third-order valence-electron chi connectivity index (χ3n) is 3.75. The van der Waals surface area contributed by atoms with Crippen LogP contribution in [0.25, 0.3) is 10.2 Å². The number of carbonyl (C=O) groups excluding carboxylic acids is 1. The first-order valence-electron chi connectivity index (χ1n) is 8.10. The third kappa shape index (κ3) is 4.01. The first-order chi connectivity index (χ1) is 12.0. The number of aromatic nitrogens is 3. The standard InChI is InChI=1S/C17H20N4O2S2/c1-5-6-12-19-16(15-10(3)11(4)25-17(15)20-12)24-8-14(22)18-13-7-9(2)23-21-13/h7H,5-6,8H2,1-4H3,(H,18,21,22). The van der Waals surface area contributed by atoms with Gasteiger partial charge in [-0.2, -0.15) is 0 Å². The van der Waals surface area contributed by atoms with Gasteiger partial charge in [0, 0.05) is 22.8 Å². The first kappa shape index (κ1) is 17.9. The average molecular weight is 377 g/mol. The second-order valence-corrected chi connectivity index (χ2v) is 7.99. The van der Waals surface area contributed by atoms with E-state index in [2.05, 4.69) is 36.2 Å². The second-order valence-electron chi connectivity index (χ2n) is 5.82. The molecule has 25 heavy (non-hydrogen) atoms. The average Bonchev–Trinajstić information content (AvgIpc) is 3.09. The number of hydrogen-bond acceptors (Lipinski definition) is 7. The van der Waals surface area contributed by atoms with Gasteiger partial charge in [0.15, 0.2) is 5.82 Å². The maximum absolute atomic E-state index is 12.2. The lowest BCUT2D eigenvalue weighted by molar-refractivity contribution is -0.113. The summed E-state index contributed by atoms with van der Waals surface area (Å²) < 4.78 is 4.96. The van der Waals surface area contributed by atoms with Crippen LogP contribution < -0.4 is 5.32 Å². The van der Waals surface area contributed by atoms with Gasteiger partial charge < -0.3 is 9.84 Å². The van der Waals surface area contributed by atoms with Crippen LogP contribution in [0.15, 0.2) is 15.6 Å². The van der Waals surface area contributed by atoms with Crippen molar-refractivity contribution in [3.63, 3.8) is 0 Å². The van der Waals surface area contributed by atoms with E-state index in [9.17, 15) is 4.79 Å². The van der Waals surface area contributed by atoms with Gasteiger partial charge in [0.2, 0.25) is 5.91 Å². The molecule has 3 rings (SSSR count). The van der Waals surface area contributed by atoms with Crippen molar-refractivity contribution in [3.05, 3.63) is 28.1 Å². The first-order valence-corrected chi connectivity index (χ1v) is 9.90. The van der Waals surface area contributed by atoms with Gasteiger partial charge in [-0.25, -0.2) is 9.97 Å². The van der Waals surface area contributed by atoms with Crippen LogP contribution in [0, 0.1) is 20.8 Å². The quantitative estimate of drug-likeness (QED) is 0.511. The van der Waals surface area contributed by atoms with E-state index in [4.69, 9.17) is 9.51 Å². The molecule has 3 aromatic heterocycles. The highest BCUT2D eigenvalue weighted by Crippen LogP contribution is 2.35. The number of anilines is 1. The number of amides is 1. The molecule has 0 saturated heterocycles. The number of fused-ring (bicyclic) bond motifs is 1. The lowest BCUT2D eigenvalue weighted by Crippen LogP contribution is -2.14. The van der Waals surface area contributed by atoms with Crippen LogP contribution in [0.1, 0.15) is 35.4 Å². The molecular weight excluding hydrogens is 356 g/mol. The molecule has 1 N–H and O–H groups in total. The third-order valence-corrected chi connectivity index (χ3v) is 5.83. The lowest BCUT2D eigenvalue weighted by Gasteiger charge is -2.06. The zero-order chi connectivity index (χ0) is 18.0. The van der Waals surface area contributed by atoms with E-state index in [1.165, 1.54) is 22.2 Å². The Morgan fingerprint density at radius 3 is 2.80 bits per heavy atom. The van der Waals surface area contributed by atoms with E-state index in [1.54, 1.807) is 24.3 Å². The highest BCUT2D eigenvalue weighted by molar-refractivity contribution is 8.00. The highest BCUT2D eigenvalue weighted by atomic mass is 32.2. The molecule has 0 aliphatic carbocycles. The molecule has 0 saturated carbocycles. The molecule has 0 bridgehead atoms. The lowest BCUT2D eigenvalue weighted by atomic mass is 10.2. The van der Waals surface area contributed by atoms with Gasteiger partial charge in [0.05, 0.1) is 5.75 Å². The van der Waals surface area contributed by atoms with Crippen LogP contribution in [-0.4, -0.2) is 26.8 Å². The topological polar surface area (TPSA) is 80.9 Å². The van der Waals surface area contributed by atoms with Crippen LogP contribution in [0.4, 0.5) is 5.82 Å². The van der Waals surface area contributed by atoms with Crippen molar-refractivity contribution in [1.82, 2.24) is 15.1 Å². The van der Waals surface area contributed by atoms with Crippen molar-refractivity contribution in [3.8, 4) is 0 Å². The van der Waals surface area contributed by atoms with Crippen LogP contribution >= 0.6 is 23.1 Å². The number of nitrogens with zero attached hydrogens (tertiary/aromatic N) is 3. The van der Waals surface area contributed by atoms with Gasteiger partial charge in [-0.15, -0.1) is 11.3 Å². The van der Waals surface area contributed by atoms with E-state index in [-0.39, 0.29) is 11.7 Å². The summed E-state index contributed by atoms with van der Waals surface area (Å²) in [6.45, 7) is 8.07. The molecule has 1 amide bonds. The molecule has 0 unspecified atom stereocenters.